The van der Waals surface area contributed by atoms with Crippen molar-refractivity contribution in [2.75, 3.05) is 0 Å². The van der Waals surface area contributed by atoms with Crippen LogP contribution in [-0.4, -0.2) is 9.97 Å². The standard InChI is InChI=1S/C65H40N2/c1-2-15-41(16-3-1)45-19-14-20-47(37-45)61-40-62(48-34-35-54-53-25-10-13-28-59(53)65(60(54)39-48)57-26-11-8-23-51(57)52-24-9-12-27-58(52)65)67-64(66-61)44-31-29-43(30-32-44)63-50-22-7-5-18-46(50)38-56-49-21-6-4-17-42(49)33-36-55(56)63/h1-40H. The highest BCUT2D eigenvalue weighted by atomic mass is 14.9. The summed E-state index contributed by atoms with van der Waals surface area (Å²) in [5, 5.41) is 7.48. The van der Waals surface area contributed by atoms with E-state index in [4.69, 9.17) is 9.97 Å². The number of fused-ring (bicyclic) bond motifs is 14. The van der Waals surface area contributed by atoms with Crippen LogP contribution in [0.4, 0.5) is 0 Å². The van der Waals surface area contributed by atoms with Crippen LogP contribution in [-0.2, 0) is 5.41 Å². The number of hydrogen-bond donors (Lipinski definition) is 0. The van der Waals surface area contributed by atoms with Gasteiger partial charge >= 0.3 is 0 Å². The monoisotopic (exact) mass is 848 g/mol. The third-order valence-electron chi connectivity index (χ3n) is 14.5. The molecule has 67 heavy (non-hydrogen) atoms. The minimum atomic E-state index is -0.453. The maximum atomic E-state index is 5.48. The maximum Gasteiger partial charge on any atom is 0.160 e. The molecule has 11 aromatic carbocycles. The second kappa shape index (κ2) is 14.7. The molecule has 1 aromatic heterocycles. The fraction of sp³-hybridized carbons (Fsp3) is 0.0154. The van der Waals surface area contributed by atoms with Gasteiger partial charge in [0.25, 0.3) is 0 Å². The van der Waals surface area contributed by atoms with E-state index in [0.29, 0.717) is 5.82 Å². The van der Waals surface area contributed by atoms with Gasteiger partial charge in [0.1, 0.15) is 0 Å². The minimum absolute atomic E-state index is 0.453. The van der Waals surface area contributed by atoms with E-state index in [2.05, 4.69) is 243 Å². The summed E-state index contributed by atoms with van der Waals surface area (Å²) >= 11 is 0. The van der Waals surface area contributed by atoms with Crippen LogP contribution in [0.2, 0.25) is 0 Å². The number of rotatable bonds is 5. The summed E-state index contributed by atoms with van der Waals surface area (Å²) in [6, 6.07) is 88.7. The normalized spacial score (nSPS) is 12.9. The first-order valence-electron chi connectivity index (χ1n) is 23.1. The van der Waals surface area contributed by atoms with Crippen LogP contribution in [0.1, 0.15) is 22.3 Å². The fourth-order valence-corrected chi connectivity index (χ4v) is 11.5. The Morgan fingerprint density at radius 3 is 1.48 bits per heavy atom. The smallest absolute Gasteiger partial charge is 0.160 e. The molecule has 2 aliphatic rings. The van der Waals surface area contributed by atoms with E-state index in [0.717, 1.165) is 39.2 Å². The Labute approximate surface area is 389 Å². The highest BCUT2D eigenvalue weighted by Crippen LogP contribution is 2.63. The molecule has 2 aliphatic carbocycles. The number of hydrogen-bond acceptors (Lipinski definition) is 2. The molecular weight excluding hydrogens is 809 g/mol. The Balaban J connectivity index is 0.960. The summed E-state index contributed by atoms with van der Waals surface area (Å²) in [6.07, 6.45) is 0. The number of benzene rings is 11. The van der Waals surface area contributed by atoms with Gasteiger partial charge in [0.2, 0.25) is 0 Å². The Morgan fingerprint density at radius 2 is 0.776 bits per heavy atom. The molecular formula is C65H40N2. The van der Waals surface area contributed by atoms with Crippen molar-refractivity contribution in [3.8, 4) is 78.4 Å². The van der Waals surface area contributed by atoms with Crippen LogP contribution in [0.3, 0.4) is 0 Å². The molecule has 0 aliphatic heterocycles. The van der Waals surface area contributed by atoms with Crippen LogP contribution >= 0.6 is 0 Å². The first-order chi connectivity index (χ1) is 33.2. The largest absolute Gasteiger partial charge is 0.228 e. The zero-order valence-electron chi connectivity index (χ0n) is 36.5. The molecule has 2 nitrogen and oxygen atoms in total. The van der Waals surface area contributed by atoms with E-state index in [1.54, 1.807) is 0 Å². The number of nitrogens with zero attached hydrogens (tertiary/aromatic N) is 2. The van der Waals surface area contributed by atoms with E-state index in [1.165, 1.54) is 88.0 Å². The summed E-state index contributed by atoms with van der Waals surface area (Å²) < 4.78 is 0. The zero-order valence-corrected chi connectivity index (χ0v) is 36.5. The van der Waals surface area contributed by atoms with Crippen molar-refractivity contribution in [3.05, 3.63) is 265 Å². The lowest BCUT2D eigenvalue weighted by atomic mass is 9.70. The van der Waals surface area contributed by atoms with Crippen molar-refractivity contribution in [2.24, 2.45) is 0 Å². The summed E-state index contributed by atoms with van der Waals surface area (Å²) in [4.78, 5) is 10.9. The Hall–Kier alpha value is -8.72. The van der Waals surface area contributed by atoms with Crippen molar-refractivity contribution in [1.29, 1.82) is 0 Å². The highest BCUT2D eigenvalue weighted by molar-refractivity contribution is 6.20. The SMILES string of the molecule is c1ccc(-c2cccc(-c3cc(-c4ccc5c(c4)C4(c6ccccc6-c6ccccc64)c4ccccc4-5)nc(-c4ccc(-c5c6ccccc6cc6c5ccc5ccccc56)cc4)n3)c2)cc1. The van der Waals surface area contributed by atoms with E-state index < -0.39 is 5.41 Å². The second-order valence-corrected chi connectivity index (χ2v) is 18.0. The molecule has 0 bridgehead atoms. The topological polar surface area (TPSA) is 25.8 Å². The van der Waals surface area contributed by atoms with Crippen molar-refractivity contribution in [2.45, 2.75) is 5.41 Å². The van der Waals surface area contributed by atoms with Crippen LogP contribution in [0.25, 0.3) is 111 Å². The molecule has 14 rings (SSSR count). The Bertz CT molecular complexity index is 3910. The van der Waals surface area contributed by atoms with Crippen LogP contribution < -0.4 is 0 Å². The second-order valence-electron chi connectivity index (χ2n) is 18.0. The first-order valence-corrected chi connectivity index (χ1v) is 23.1. The molecule has 12 aromatic rings. The quantitative estimate of drug-likeness (QED) is 0.127. The van der Waals surface area contributed by atoms with Gasteiger partial charge in [0, 0.05) is 16.7 Å². The lowest BCUT2D eigenvalue weighted by molar-refractivity contribution is 0.794. The summed E-state index contributed by atoms with van der Waals surface area (Å²) in [7, 11) is 0. The van der Waals surface area contributed by atoms with Gasteiger partial charge < -0.3 is 0 Å². The molecule has 310 valence electrons. The van der Waals surface area contributed by atoms with E-state index >= 15 is 0 Å². The van der Waals surface area contributed by atoms with Gasteiger partial charge in [-0.1, -0.05) is 218 Å². The fourth-order valence-electron chi connectivity index (χ4n) is 11.5. The third kappa shape index (κ3) is 5.63. The minimum Gasteiger partial charge on any atom is -0.228 e. The van der Waals surface area contributed by atoms with Crippen molar-refractivity contribution in [3.63, 3.8) is 0 Å². The van der Waals surface area contributed by atoms with Crippen molar-refractivity contribution in [1.82, 2.24) is 9.97 Å². The lowest BCUT2D eigenvalue weighted by Gasteiger charge is -2.30. The maximum absolute atomic E-state index is 5.48. The average molecular weight is 849 g/mol. The molecule has 0 amide bonds. The van der Waals surface area contributed by atoms with Crippen molar-refractivity contribution < 1.29 is 0 Å². The van der Waals surface area contributed by atoms with Gasteiger partial charge in [0.15, 0.2) is 5.82 Å². The molecule has 0 unspecified atom stereocenters. The van der Waals surface area contributed by atoms with Gasteiger partial charge in [-0.2, -0.15) is 0 Å². The first kappa shape index (κ1) is 37.6. The van der Waals surface area contributed by atoms with Crippen LogP contribution in [0.15, 0.2) is 243 Å². The molecule has 0 fully saturated rings. The lowest BCUT2D eigenvalue weighted by Crippen LogP contribution is -2.25. The third-order valence-corrected chi connectivity index (χ3v) is 14.5. The van der Waals surface area contributed by atoms with Gasteiger partial charge in [0.05, 0.1) is 16.8 Å². The molecule has 0 atom stereocenters. The molecule has 0 saturated carbocycles. The van der Waals surface area contributed by atoms with E-state index in [9.17, 15) is 0 Å². The predicted octanol–water partition coefficient (Wildman–Crippen LogP) is 16.6. The zero-order chi connectivity index (χ0) is 44.1. The Morgan fingerprint density at radius 1 is 0.254 bits per heavy atom. The van der Waals surface area contributed by atoms with Crippen molar-refractivity contribution >= 4 is 32.3 Å². The predicted molar refractivity (Wildman–Crippen MR) is 278 cm³/mol. The highest BCUT2D eigenvalue weighted by Gasteiger charge is 2.51. The molecule has 0 saturated heterocycles. The average Bonchev–Trinajstić information content (AvgIpc) is 3.87. The summed E-state index contributed by atoms with van der Waals surface area (Å²) in [5.41, 5.74) is 19.5. The van der Waals surface area contributed by atoms with E-state index in [1.807, 2.05) is 0 Å². The van der Waals surface area contributed by atoms with Crippen LogP contribution in [0.5, 0.6) is 0 Å². The molecule has 1 heterocycles. The summed E-state index contributed by atoms with van der Waals surface area (Å²) in [5.74, 6) is 0.688. The summed E-state index contributed by atoms with van der Waals surface area (Å²) in [6.45, 7) is 0. The molecule has 0 N–H and O–H groups in total. The van der Waals surface area contributed by atoms with Gasteiger partial charge in [-0.25, -0.2) is 9.97 Å². The molecule has 0 radical (unpaired) electrons. The van der Waals surface area contributed by atoms with E-state index in [-0.39, 0.29) is 0 Å². The molecule has 2 heteroatoms. The molecule has 1 spiro atoms. The van der Waals surface area contributed by atoms with Gasteiger partial charge in [-0.15, -0.1) is 0 Å². The Kier molecular flexibility index (Phi) is 8.23. The van der Waals surface area contributed by atoms with Gasteiger partial charge in [-0.3, -0.25) is 0 Å². The van der Waals surface area contributed by atoms with Gasteiger partial charge in [-0.05, 0) is 123 Å². The van der Waals surface area contributed by atoms with Crippen LogP contribution in [0, 0.1) is 0 Å². The number of aromatic nitrogens is 2.